The molecule has 0 bridgehead atoms. The van der Waals surface area contributed by atoms with Crippen LogP contribution in [-0.2, 0) is 10.0 Å². The molecule has 21 heavy (non-hydrogen) atoms. The summed E-state index contributed by atoms with van der Waals surface area (Å²) in [4.78, 5) is 16.5. The molecule has 0 unspecified atom stereocenters. The molecule has 1 saturated heterocycles. The zero-order valence-corrected chi connectivity index (χ0v) is 12.3. The average Bonchev–Trinajstić information content (AvgIpc) is 3.05. The molecule has 3 rings (SSSR count). The van der Waals surface area contributed by atoms with Gasteiger partial charge in [0.1, 0.15) is 0 Å². The summed E-state index contributed by atoms with van der Waals surface area (Å²) in [5.41, 5.74) is 0.731. The van der Waals surface area contributed by atoms with E-state index in [1.54, 1.807) is 6.07 Å². The van der Waals surface area contributed by atoms with Crippen LogP contribution in [0.1, 0.15) is 19.3 Å². The van der Waals surface area contributed by atoms with Crippen molar-refractivity contribution in [3.05, 3.63) is 28.7 Å². The number of sulfonamides is 1. The number of H-pyrrole nitrogens is 2. The predicted octanol–water partition coefficient (Wildman–Crippen LogP) is 0.277. The Morgan fingerprint density at radius 3 is 2.81 bits per heavy atom. The quantitative estimate of drug-likeness (QED) is 0.636. The van der Waals surface area contributed by atoms with Crippen molar-refractivity contribution in [3.63, 3.8) is 0 Å². The molecule has 1 atom stereocenters. The van der Waals surface area contributed by atoms with E-state index in [-0.39, 0.29) is 10.6 Å². The van der Waals surface area contributed by atoms with Gasteiger partial charge in [-0.2, -0.15) is 0 Å². The number of hydrogen-bond donors (Lipinski definition) is 4. The van der Waals surface area contributed by atoms with Crippen LogP contribution in [0, 0.1) is 0 Å². The van der Waals surface area contributed by atoms with E-state index in [0.717, 1.165) is 25.8 Å². The van der Waals surface area contributed by atoms with Crippen LogP contribution in [0.5, 0.6) is 0 Å². The van der Waals surface area contributed by atoms with Crippen LogP contribution in [0.2, 0.25) is 0 Å². The minimum Gasteiger partial charge on any atom is -0.314 e. The van der Waals surface area contributed by atoms with Gasteiger partial charge in [-0.3, -0.25) is 0 Å². The zero-order valence-electron chi connectivity index (χ0n) is 11.5. The van der Waals surface area contributed by atoms with Crippen LogP contribution >= 0.6 is 0 Å². The number of fused-ring (bicyclic) bond motifs is 1. The molecule has 4 N–H and O–H groups in total. The predicted molar refractivity (Wildman–Crippen MR) is 79.7 cm³/mol. The summed E-state index contributed by atoms with van der Waals surface area (Å²) >= 11 is 0. The molecule has 1 aromatic carbocycles. The maximum atomic E-state index is 12.2. The van der Waals surface area contributed by atoms with Gasteiger partial charge in [0, 0.05) is 12.6 Å². The number of imidazole rings is 1. The number of aromatic amines is 2. The second-order valence-corrected chi connectivity index (χ2v) is 7.03. The summed E-state index contributed by atoms with van der Waals surface area (Å²) in [6.45, 7) is 1.41. The molecule has 1 fully saturated rings. The molecule has 8 heteroatoms. The molecule has 1 aliphatic heterocycles. The summed E-state index contributed by atoms with van der Waals surface area (Å²) in [5.74, 6) is 0. The Labute approximate surface area is 122 Å². The molecular weight excluding hydrogens is 292 g/mol. The molecule has 2 aromatic rings. The van der Waals surface area contributed by atoms with Crippen LogP contribution in [-0.4, -0.2) is 37.5 Å². The van der Waals surface area contributed by atoms with E-state index in [4.69, 9.17) is 0 Å². The lowest BCUT2D eigenvalue weighted by atomic mass is 10.2. The molecule has 1 aromatic heterocycles. The van der Waals surface area contributed by atoms with Crippen LogP contribution in [0.3, 0.4) is 0 Å². The third-order valence-corrected chi connectivity index (χ3v) is 5.20. The van der Waals surface area contributed by atoms with Crippen molar-refractivity contribution in [2.24, 2.45) is 0 Å². The number of rotatable bonds is 5. The molecule has 114 valence electrons. The van der Waals surface area contributed by atoms with Crippen LogP contribution in [0.4, 0.5) is 0 Å². The van der Waals surface area contributed by atoms with Gasteiger partial charge in [0.05, 0.1) is 15.9 Å². The third kappa shape index (κ3) is 3.17. The number of benzene rings is 1. The average molecular weight is 310 g/mol. The summed E-state index contributed by atoms with van der Waals surface area (Å²) in [5, 5.41) is 3.33. The fraction of sp³-hybridized carbons (Fsp3) is 0.462. The third-order valence-electron chi connectivity index (χ3n) is 3.74. The van der Waals surface area contributed by atoms with E-state index < -0.39 is 10.0 Å². The van der Waals surface area contributed by atoms with Gasteiger partial charge >= 0.3 is 5.69 Å². The van der Waals surface area contributed by atoms with Crippen molar-refractivity contribution >= 4 is 21.1 Å². The summed E-state index contributed by atoms with van der Waals surface area (Å²) < 4.78 is 27.0. The Bertz CT molecular complexity index is 787. The number of aromatic nitrogens is 2. The molecule has 0 radical (unpaired) electrons. The van der Waals surface area contributed by atoms with Crippen molar-refractivity contribution < 1.29 is 8.42 Å². The molecule has 0 saturated carbocycles. The van der Waals surface area contributed by atoms with E-state index in [1.807, 2.05) is 0 Å². The monoisotopic (exact) mass is 310 g/mol. The van der Waals surface area contributed by atoms with E-state index in [2.05, 4.69) is 20.0 Å². The number of hydrogen-bond acceptors (Lipinski definition) is 4. The SMILES string of the molecule is O=c1[nH]c2ccc(S(=O)(=O)NCC[C@@H]3CCCN3)cc2[nH]1. The first-order valence-electron chi connectivity index (χ1n) is 7.00. The zero-order chi connectivity index (χ0) is 14.9. The van der Waals surface area contributed by atoms with E-state index in [0.29, 0.717) is 23.6 Å². The lowest BCUT2D eigenvalue weighted by Gasteiger charge is -2.11. The van der Waals surface area contributed by atoms with Gasteiger partial charge in [-0.15, -0.1) is 0 Å². The molecule has 7 nitrogen and oxygen atoms in total. The number of nitrogens with one attached hydrogen (secondary N) is 4. The highest BCUT2D eigenvalue weighted by Crippen LogP contribution is 2.15. The highest BCUT2D eigenvalue weighted by Gasteiger charge is 2.17. The van der Waals surface area contributed by atoms with Crippen molar-refractivity contribution in [1.29, 1.82) is 0 Å². The van der Waals surface area contributed by atoms with E-state index >= 15 is 0 Å². The van der Waals surface area contributed by atoms with Gasteiger partial charge in [0.2, 0.25) is 10.0 Å². The van der Waals surface area contributed by atoms with E-state index in [9.17, 15) is 13.2 Å². The van der Waals surface area contributed by atoms with Crippen LogP contribution < -0.4 is 15.7 Å². The van der Waals surface area contributed by atoms with E-state index in [1.165, 1.54) is 12.1 Å². The topological polar surface area (TPSA) is 107 Å². The first-order chi connectivity index (χ1) is 10.0. The fourth-order valence-corrected chi connectivity index (χ4v) is 3.71. The second kappa shape index (κ2) is 5.63. The highest BCUT2D eigenvalue weighted by atomic mass is 32.2. The Morgan fingerprint density at radius 2 is 2.05 bits per heavy atom. The first-order valence-corrected chi connectivity index (χ1v) is 8.48. The fourth-order valence-electron chi connectivity index (χ4n) is 2.63. The van der Waals surface area contributed by atoms with Crippen LogP contribution in [0.25, 0.3) is 11.0 Å². The summed E-state index contributed by atoms with van der Waals surface area (Å²) in [6.07, 6.45) is 3.02. The van der Waals surface area contributed by atoms with Gasteiger partial charge in [-0.1, -0.05) is 0 Å². The molecule has 2 heterocycles. The lowest BCUT2D eigenvalue weighted by molar-refractivity contribution is 0.539. The molecule has 0 amide bonds. The van der Waals surface area contributed by atoms with Crippen LogP contribution in [0.15, 0.2) is 27.9 Å². The minimum absolute atomic E-state index is 0.157. The Balaban J connectivity index is 1.71. The van der Waals surface area contributed by atoms with Crippen molar-refractivity contribution in [3.8, 4) is 0 Å². The largest absolute Gasteiger partial charge is 0.323 e. The van der Waals surface area contributed by atoms with Crippen molar-refractivity contribution in [2.75, 3.05) is 13.1 Å². The van der Waals surface area contributed by atoms with Gasteiger partial charge < -0.3 is 15.3 Å². The Hall–Kier alpha value is -1.64. The van der Waals surface area contributed by atoms with Gasteiger partial charge in [-0.25, -0.2) is 17.9 Å². The maximum absolute atomic E-state index is 12.2. The molecule has 0 aliphatic carbocycles. The van der Waals surface area contributed by atoms with Gasteiger partial charge in [0.25, 0.3) is 0 Å². The maximum Gasteiger partial charge on any atom is 0.323 e. The normalized spacial score (nSPS) is 19.3. The lowest BCUT2D eigenvalue weighted by Crippen LogP contribution is -2.30. The first kappa shape index (κ1) is 14.3. The standard InChI is InChI=1S/C13H18N4O3S/c18-13-16-11-4-3-10(8-12(11)17-13)21(19,20)15-7-5-9-2-1-6-14-9/h3-4,8-9,14-15H,1-2,5-7H2,(H2,16,17,18)/t9-/m0/s1. The van der Waals surface area contributed by atoms with Gasteiger partial charge in [0.15, 0.2) is 0 Å². The highest BCUT2D eigenvalue weighted by molar-refractivity contribution is 7.89. The Kier molecular flexibility index (Phi) is 3.83. The Morgan fingerprint density at radius 1 is 1.24 bits per heavy atom. The van der Waals surface area contributed by atoms with Crippen molar-refractivity contribution in [1.82, 2.24) is 20.0 Å². The van der Waals surface area contributed by atoms with Gasteiger partial charge in [-0.05, 0) is 44.0 Å². The summed E-state index contributed by atoms with van der Waals surface area (Å²) in [6, 6.07) is 4.93. The smallest absolute Gasteiger partial charge is 0.314 e. The molecule has 1 aliphatic rings. The van der Waals surface area contributed by atoms with Crippen molar-refractivity contribution in [2.45, 2.75) is 30.2 Å². The molecular formula is C13H18N4O3S. The minimum atomic E-state index is -3.55. The molecule has 0 spiro atoms. The summed E-state index contributed by atoms with van der Waals surface area (Å²) in [7, 11) is -3.55. The second-order valence-electron chi connectivity index (χ2n) is 5.27.